The molecule has 0 bridgehead atoms. The van der Waals surface area contributed by atoms with Gasteiger partial charge in [0.25, 0.3) is 5.91 Å². The molecular formula is C14H15ClN2O4S. The summed E-state index contributed by atoms with van der Waals surface area (Å²) in [5.41, 5.74) is 0.765. The van der Waals surface area contributed by atoms with Crippen molar-refractivity contribution >= 4 is 27.5 Å². The topological polar surface area (TPSA) is 102 Å². The van der Waals surface area contributed by atoms with Crippen LogP contribution in [0.3, 0.4) is 0 Å². The Labute approximate surface area is 133 Å². The summed E-state index contributed by atoms with van der Waals surface area (Å²) in [5.74, 6) is -0.264. The van der Waals surface area contributed by atoms with E-state index >= 15 is 0 Å². The normalized spacial score (nSPS) is 11.5. The number of carbonyl (C=O) groups is 1. The second-order valence-electron chi connectivity index (χ2n) is 4.77. The number of aryl methyl sites for hydroxylation is 2. The Balaban J connectivity index is 2.25. The molecule has 6 nitrogen and oxygen atoms in total. The summed E-state index contributed by atoms with van der Waals surface area (Å²) < 4.78 is 28.5. The van der Waals surface area contributed by atoms with Gasteiger partial charge >= 0.3 is 0 Å². The number of halogens is 1. The maximum atomic E-state index is 12.3. The molecule has 0 aliphatic rings. The number of primary sulfonamides is 1. The molecule has 2 aromatic rings. The number of furan rings is 1. The van der Waals surface area contributed by atoms with E-state index in [2.05, 4.69) is 5.32 Å². The van der Waals surface area contributed by atoms with Gasteiger partial charge in [0.2, 0.25) is 10.0 Å². The largest absolute Gasteiger partial charge is 0.464 e. The molecule has 0 aliphatic carbocycles. The average molecular weight is 343 g/mol. The Morgan fingerprint density at radius 3 is 2.36 bits per heavy atom. The van der Waals surface area contributed by atoms with Crippen LogP contribution in [-0.2, 0) is 16.6 Å². The Bertz CT molecular complexity index is 810. The standard InChI is InChI=1S/C14H15ClN2O4S/c1-8-12(13(9(2)21-8)22(16,19)20)14(18)17-7-10-3-5-11(15)6-4-10/h3-6H,7H2,1-2H3,(H,17,18)(H2,16,19,20). The molecule has 22 heavy (non-hydrogen) atoms. The van der Waals surface area contributed by atoms with Crippen LogP contribution in [-0.4, -0.2) is 14.3 Å². The molecule has 0 aliphatic heterocycles. The third kappa shape index (κ3) is 3.49. The number of rotatable bonds is 4. The smallest absolute Gasteiger partial charge is 0.256 e. The van der Waals surface area contributed by atoms with Gasteiger partial charge in [0, 0.05) is 11.6 Å². The molecule has 8 heteroatoms. The van der Waals surface area contributed by atoms with Gasteiger partial charge in [0.1, 0.15) is 22.0 Å². The van der Waals surface area contributed by atoms with Crippen LogP contribution in [0.15, 0.2) is 33.6 Å². The van der Waals surface area contributed by atoms with Crippen molar-refractivity contribution in [3.8, 4) is 0 Å². The van der Waals surface area contributed by atoms with Crippen LogP contribution in [0.1, 0.15) is 27.4 Å². The van der Waals surface area contributed by atoms with E-state index in [1.54, 1.807) is 24.3 Å². The molecule has 2 rings (SSSR count). The predicted octanol–water partition coefficient (Wildman–Crippen LogP) is 2.13. The van der Waals surface area contributed by atoms with Gasteiger partial charge in [-0.15, -0.1) is 0 Å². The molecule has 0 spiro atoms. The van der Waals surface area contributed by atoms with E-state index in [1.165, 1.54) is 13.8 Å². The first-order valence-electron chi connectivity index (χ1n) is 6.35. The van der Waals surface area contributed by atoms with Crippen molar-refractivity contribution in [2.45, 2.75) is 25.3 Å². The average Bonchev–Trinajstić information content (AvgIpc) is 2.72. The Kier molecular flexibility index (Phi) is 4.60. The second-order valence-corrected chi connectivity index (χ2v) is 6.71. The van der Waals surface area contributed by atoms with Crippen LogP contribution in [0, 0.1) is 13.8 Å². The third-order valence-corrected chi connectivity index (χ3v) is 4.40. The van der Waals surface area contributed by atoms with E-state index in [9.17, 15) is 13.2 Å². The number of benzene rings is 1. The second kappa shape index (κ2) is 6.12. The SMILES string of the molecule is Cc1oc(C)c(S(N)(=O)=O)c1C(=O)NCc1ccc(Cl)cc1. The van der Waals surface area contributed by atoms with Gasteiger partial charge in [-0.3, -0.25) is 4.79 Å². The Hall–Kier alpha value is -1.83. The molecule has 1 heterocycles. The van der Waals surface area contributed by atoms with Crippen LogP contribution in [0.2, 0.25) is 5.02 Å². The molecule has 0 fully saturated rings. The highest BCUT2D eigenvalue weighted by molar-refractivity contribution is 7.89. The van der Waals surface area contributed by atoms with E-state index in [-0.39, 0.29) is 28.5 Å². The predicted molar refractivity (Wildman–Crippen MR) is 82.2 cm³/mol. The first kappa shape index (κ1) is 16.5. The molecule has 1 amide bonds. The van der Waals surface area contributed by atoms with Gasteiger partial charge in [-0.2, -0.15) is 0 Å². The van der Waals surface area contributed by atoms with E-state index in [0.29, 0.717) is 5.02 Å². The van der Waals surface area contributed by atoms with Crippen LogP contribution in [0.25, 0.3) is 0 Å². The van der Waals surface area contributed by atoms with Crippen molar-refractivity contribution in [1.82, 2.24) is 5.32 Å². The molecule has 118 valence electrons. The zero-order valence-corrected chi connectivity index (χ0v) is 13.6. The first-order valence-corrected chi connectivity index (χ1v) is 8.28. The van der Waals surface area contributed by atoms with E-state index in [1.807, 2.05) is 0 Å². The number of nitrogens with one attached hydrogen (secondary N) is 1. The minimum atomic E-state index is -4.05. The number of amides is 1. The molecule has 1 aromatic carbocycles. The molecule has 0 unspecified atom stereocenters. The van der Waals surface area contributed by atoms with Gasteiger partial charge in [-0.05, 0) is 31.5 Å². The third-order valence-electron chi connectivity index (χ3n) is 3.08. The van der Waals surface area contributed by atoms with Crippen molar-refractivity contribution < 1.29 is 17.6 Å². The molecule has 0 saturated heterocycles. The quantitative estimate of drug-likeness (QED) is 0.888. The van der Waals surface area contributed by atoms with Gasteiger partial charge in [0.05, 0.1) is 0 Å². The molecule has 1 aromatic heterocycles. The Morgan fingerprint density at radius 2 is 1.82 bits per heavy atom. The van der Waals surface area contributed by atoms with Crippen molar-refractivity contribution in [3.05, 3.63) is 51.9 Å². The van der Waals surface area contributed by atoms with Gasteiger partial charge in [-0.1, -0.05) is 23.7 Å². The number of sulfonamides is 1. The highest BCUT2D eigenvalue weighted by atomic mass is 35.5. The maximum Gasteiger partial charge on any atom is 0.256 e. The van der Waals surface area contributed by atoms with Crippen LogP contribution in [0.4, 0.5) is 0 Å². The van der Waals surface area contributed by atoms with Crippen LogP contribution < -0.4 is 10.5 Å². The summed E-state index contributed by atoms with van der Waals surface area (Å²) in [6.07, 6.45) is 0. The molecule has 0 radical (unpaired) electrons. The monoisotopic (exact) mass is 342 g/mol. The summed E-state index contributed by atoms with van der Waals surface area (Å²) in [5, 5.41) is 8.38. The van der Waals surface area contributed by atoms with Crippen molar-refractivity contribution in [1.29, 1.82) is 0 Å². The summed E-state index contributed by atoms with van der Waals surface area (Å²) >= 11 is 5.78. The van der Waals surface area contributed by atoms with E-state index in [4.69, 9.17) is 21.2 Å². The summed E-state index contributed by atoms with van der Waals surface area (Å²) in [4.78, 5) is 12.0. The zero-order valence-electron chi connectivity index (χ0n) is 12.0. The first-order chi connectivity index (χ1) is 10.2. The fourth-order valence-corrected chi connectivity index (χ4v) is 3.23. The fourth-order valence-electron chi connectivity index (χ4n) is 2.14. The number of carbonyl (C=O) groups excluding carboxylic acids is 1. The van der Waals surface area contributed by atoms with Gasteiger partial charge in [0.15, 0.2) is 0 Å². The van der Waals surface area contributed by atoms with E-state index < -0.39 is 15.9 Å². The van der Waals surface area contributed by atoms with Gasteiger partial charge < -0.3 is 9.73 Å². The highest BCUT2D eigenvalue weighted by Gasteiger charge is 2.28. The zero-order chi connectivity index (χ0) is 16.5. The van der Waals surface area contributed by atoms with Crippen molar-refractivity contribution in [2.24, 2.45) is 5.14 Å². The molecule has 0 saturated carbocycles. The number of hydrogen-bond donors (Lipinski definition) is 2. The lowest BCUT2D eigenvalue weighted by Crippen LogP contribution is -2.26. The molecule has 3 N–H and O–H groups in total. The summed E-state index contributed by atoms with van der Waals surface area (Å²) in [7, 11) is -4.05. The van der Waals surface area contributed by atoms with Crippen molar-refractivity contribution in [3.63, 3.8) is 0 Å². The summed E-state index contributed by atoms with van der Waals surface area (Å²) in [6, 6.07) is 6.92. The summed E-state index contributed by atoms with van der Waals surface area (Å²) in [6.45, 7) is 3.19. The number of hydrogen-bond acceptors (Lipinski definition) is 4. The fraction of sp³-hybridized carbons (Fsp3) is 0.214. The number of nitrogens with two attached hydrogens (primary N) is 1. The van der Waals surface area contributed by atoms with E-state index in [0.717, 1.165) is 5.56 Å². The minimum absolute atomic E-state index is 0.0611. The highest BCUT2D eigenvalue weighted by Crippen LogP contribution is 2.25. The van der Waals surface area contributed by atoms with Crippen LogP contribution >= 0.6 is 11.6 Å². The molecule has 0 atom stereocenters. The van der Waals surface area contributed by atoms with Gasteiger partial charge in [-0.25, -0.2) is 13.6 Å². The maximum absolute atomic E-state index is 12.3. The lowest BCUT2D eigenvalue weighted by atomic mass is 10.2. The Morgan fingerprint density at radius 1 is 1.23 bits per heavy atom. The van der Waals surface area contributed by atoms with Crippen molar-refractivity contribution in [2.75, 3.05) is 0 Å². The lowest BCUT2D eigenvalue weighted by molar-refractivity contribution is 0.0946. The van der Waals surface area contributed by atoms with Crippen LogP contribution in [0.5, 0.6) is 0 Å². The lowest BCUT2D eigenvalue weighted by Gasteiger charge is -2.06. The molecular weight excluding hydrogens is 328 g/mol. The minimum Gasteiger partial charge on any atom is -0.464 e.